The molecular formula is C28H35N3O3. The van der Waals surface area contributed by atoms with Gasteiger partial charge in [-0.2, -0.15) is 0 Å². The van der Waals surface area contributed by atoms with Gasteiger partial charge in [0.05, 0.1) is 18.2 Å². The topological polar surface area (TPSA) is 46.9 Å². The predicted octanol–water partition coefficient (Wildman–Crippen LogP) is 4.57. The third-order valence-electron chi connectivity index (χ3n) is 6.99. The van der Waals surface area contributed by atoms with Crippen LogP contribution in [0.5, 0.6) is 5.75 Å². The third kappa shape index (κ3) is 4.98. The summed E-state index contributed by atoms with van der Waals surface area (Å²) < 4.78 is 14.1. The largest absolute Gasteiger partial charge is 0.493 e. The molecule has 2 fully saturated rings. The van der Waals surface area contributed by atoms with Crippen molar-refractivity contribution in [2.24, 2.45) is 0 Å². The van der Waals surface area contributed by atoms with E-state index in [1.807, 2.05) is 30.0 Å². The summed E-state index contributed by atoms with van der Waals surface area (Å²) in [5.74, 6) is 0.943. The molecule has 1 aromatic heterocycles. The lowest BCUT2D eigenvalue weighted by atomic mass is 10.1. The summed E-state index contributed by atoms with van der Waals surface area (Å²) in [7, 11) is 0. The van der Waals surface area contributed by atoms with Crippen molar-refractivity contribution >= 4 is 16.8 Å². The molecule has 180 valence electrons. The van der Waals surface area contributed by atoms with Gasteiger partial charge >= 0.3 is 0 Å². The van der Waals surface area contributed by atoms with Gasteiger partial charge in [0, 0.05) is 51.3 Å². The number of carbonyl (C=O) groups excluding carboxylic acids is 1. The lowest BCUT2D eigenvalue weighted by Gasteiger charge is -2.35. The number of benzene rings is 2. The van der Waals surface area contributed by atoms with E-state index in [-0.39, 0.29) is 12.0 Å². The first-order valence-corrected chi connectivity index (χ1v) is 12.6. The monoisotopic (exact) mass is 461 g/mol. The Morgan fingerprint density at radius 2 is 1.85 bits per heavy atom. The Bertz CT molecular complexity index is 1100. The molecule has 3 aromatic rings. The minimum atomic E-state index is 0.105. The summed E-state index contributed by atoms with van der Waals surface area (Å²) in [6.45, 7) is 8.29. The Hall–Kier alpha value is -2.83. The van der Waals surface area contributed by atoms with Crippen molar-refractivity contribution in [3.05, 3.63) is 65.9 Å². The molecule has 2 aliphatic heterocycles. The van der Waals surface area contributed by atoms with Crippen molar-refractivity contribution in [1.29, 1.82) is 0 Å². The molecule has 1 unspecified atom stereocenters. The minimum absolute atomic E-state index is 0.105. The molecule has 2 saturated heterocycles. The van der Waals surface area contributed by atoms with E-state index in [1.165, 1.54) is 12.0 Å². The van der Waals surface area contributed by atoms with Crippen molar-refractivity contribution in [3.8, 4) is 5.75 Å². The van der Waals surface area contributed by atoms with Crippen molar-refractivity contribution in [1.82, 2.24) is 14.4 Å². The van der Waals surface area contributed by atoms with E-state index < -0.39 is 0 Å². The van der Waals surface area contributed by atoms with E-state index in [9.17, 15) is 4.79 Å². The summed E-state index contributed by atoms with van der Waals surface area (Å²) in [5.41, 5.74) is 3.11. The second-order valence-corrected chi connectivity index (χ2v) is 9.30. The predicted molar refractivity (Wildman–Crippen MR) is 134 cm³/mol. The highest BCUT2D eigenvalue weighted by Gasteiger charge is 2.27. The summed E-state index contributed by atoms with van der Waals surface area (Å²) >= 11 is 0. The molecule has 2 aliphatic rings. The SMILES string of the molecule is CCOc1cccc2c1cc(C(=O)N1CCN(Cc3ccccc3)CC1)n2CC1CCCCO1. The van der Waals surface area contributed by atoms with Gasteiger partial charge < -0.3 is 18.9 Å². The Balaban J connectivity index is 1.36. The number of hydrogen-bond acceptors (Lipinski definition) is 4. The van der Waals surface area contributed by atoms with Gasteiger partial charge in [-0.1, -0.05) is 36.4 Å². The van der Waals surface area contributed by atoms with Crippen LogP contribution in [0.3, 0.4) is 0 Å². The van der Waals surface area contributed by atoms with Gasteiger partial charge in [-0.15, -0.1) is 0 Å². The standard InChI is InChI=1S/C28H35N3O3/c1-2-33-27-13-8-12-25-24(27)19-26(31(25)21-23-11-6-7-18-34-23)28(32)30-16-14-29(15-17-30)20-22-9-4-3-5-10-22/h3-5,8-10,12-13,19,23H,2,6-7,11,14-18,20-21H2,1H3. The van der Waals surface area contributed by atoms with Crippen LogP contribution in [0.2, 0.25) is 0 Å². The van der Waals surface area contributed by atoms with Crippen LogP contribution in [0.15, 0.2) is 54.6 Å². The van der Waals surface area contributed by atoms with E-state index >= 15 is 0 Å². The first-order valence-electron chi connectivity index (χ1n) is 12.6. The van der Waals surface area contributed by atoms with Gasteiger partial charge in [0.2, 0.25) is 0 Å². The van der Waals surface area contributed by atoms with E-state index in [1.54, 1.807) is 0 Å². The molecule has 0 aliphatic carbocycles. The van der Waals surface area contributed by atoms with Crippen LogP contribution >= 0.6 is 0 Å². The average Bonchev–Trinajstić information content (AvgIpc) is 3.25. The van der Waals surface area contributed by atoms with Gasteiger partial charge in [-0.05, 0) is 49.9 Å². The number of hydrogen-bond donors (Lipinski definition) is 0. The number of carbonyl (C=O) groups is 1. The zero-order valence-electron chi connectivity index (χ0n) is 20.1. The molecule has 0 N–H and O–H groups in total. The van der Waals surface area contributed by atoms with E-state index in [0.29, 0.717) is 13.2 Å². The number of amides is 1. The van der Waals surface area contributed by atoms with Crippen molar-refractivity contribution in [2.75, 3.05) is 39.4 Å². The number of nitrogens with zero attached hydrogens (tertiary/aromatic N) is 3. The molecule has 5 rings (SSSR count). The number of aromatic nitrogens is 1. The number of ether oxygens (including phenoxy) is 2. The highest BCUT2D eigenvalue weighted by Crippen LogP contribution is 2.31. The van der Waals surface area contributed by atoms with Crippen LogP contribution in [0.25, 0.3) is 10.9 Å². The highest BCUT2D eigenvalue weighted by molar-refractivity contribution is 6.00. The van der Waals surface area contributed by atoms with Gasteiger partial charge in [-0.25, -0.2) is 0 Å². The number of fused-ring (bicyclic) bond motifs is 1. The molecule has 0 spiro atoms. The fourth-order valence-corrected chi connectivity index (χ4v) is 5.18. The molecule has 2 aromatic carbocycles. The zero-order chi connectivity index (χ0) is 23.3. The summed E-state index contributed by atoms with van der Waals surface area (Å²) in [4.78, 5) is 18.2. The van der Waals surface area contributed by atoms with E-state index in [0.717, 1.165) is 74.5 Å². The van der Waals surface area contributed by atoms with Gasteiger partial charge in [-0.3, -0.25) is 9.69 Å². The van der Waals surface area contributed by atoms with Crippen LogP contribution in [-0.4, -0.2) is 65.8 Å². The summed E-state index contributed by atoms with van der Waals surface area (Å²) in [5, 5.41) is 1.01. The number of rotatable bonds is 7. The highest BCUT2D eigenvalue weighted by atomic mass is 16.5. The van der Waals surface area contributed by atoms with Crippen LogP contribution in [0.4, 0.5) is 0 Å². The molecule has 6 heteroatoms. The third-order valence-corrected chi connectivity index (χ3v) is 6.99. The van der Waals surface area contributed by atoms with Crippen LogP contribution in [0, 0.1) is 0 Å². The second-order valence-electron chi connectivity index (χ2n) is 9.30. The lowest BCUT2D eigenvalue weighted by molar-refractivity contribution is 0.00610. The smallest absolute Gasteiger partial charge is 0.270 e. The molecule has 6 nitrogen and oxygen atoms in total. The maximum absolute atomic E-state index is 13.8. The molecule has 1 amide bonds. The molecule has 0 saturated carbocycles. The Labute approximate surface area is 202 Å². The van der Waals surface area contributed by atoms with Crippen LogP contribution in [0.1, 0.15) is 42.2 Å². The fraction of sp³-hybridized carbons (Fsp3) is 0.464. The first-order chi connectivity index (χ1) is 16.7. The van der Waals surface area contributed by atoms with E-state index in [2.05, 4.69) is 45.9 Å². The van der Waals surface area contributed by atoms with Gasteiger partial charge in [0.15, 0.2) is 0 Å². The summed E-state index contributed by atoms with van der Waals surface area (Å²) in [6.07, 6.45) is 3.49. The van der Waals surface area contributed by atoms with Crippen LogP contribution < -0.4 is 4.74 Å². The fourth-order valence-electron chi connectivity index (χ4n) is 5.18. The Morgan fingerprint density at radius 3 is 2.59 bits per heavy atom. The maximum atomic E-state index is 13.8. The van der Waals surface area contributed by atoms with Crippen molar-refractivity contribution in [2.45, 2.75) is 45.4 Å². The molecule has 0 bridgehead atoms. The van der Waals surface area contributed by atoms with Crippen LogP contribution in [-0.2, 0) is 17.8 Å². The molecule has 34 heavy (non-hydrogen) atoms. The first kappa shape index (κ1) is 22.9. The second kappa shape index (κ2) is 10.6. The normalized spacial score (nSPS) is 19.4. The molecule has 0 radical (unpaired) electrons. The average molecular weight is 462 g/mol. The minimum Gasteiger partial charge on any atom is -0.493 e. The number of piperazine rings is 1. The van der Waals surface area contributed by atoms with E-state index in [4.69, 9.17) is 9.47 Å². The maximum Gasteiger partial charge on any atom is 0.270 e. The quantitative estimate of drug-likeness (QED) is 0.517. The Morgan fingerprint density at radius 1 is 1.03 bits per heavy atom. The molecule has 1 atom stereocenters. The van der Waals surface area contributed by atoms with Gasteiger partial charge in [0.25, 0.3) is 5.91 Å². The van der Waals surface area contributed by atoms with Crippen molar-refractivity contribution in [3.63, 3.8) is 0 Å². The summed E-state index contributed by atoms with van der Waals surface area (Å²) in [6, 6.07) is 18.7. The Kier molecular flexibility index (Phi) is 7.16. The van der Waals surface area contributed by atoms with Crippen molar-refractivity contribution < 1.29 is 14.3 Å². The van der Waals surface area contributed by atoms with Gasteiger partial charge in [0.1, 0.15) is 11.4 Å². The lowest BCUT2D eigenvalue weighted by Crippen LogP contribution is -2.48. The molecular weight excluding hydrogens is 426 g/mol. The molecule has 3 heterocycles. The zero-order valence-corrected chi connectivity index (χ0v) is 20.1.